The Morgan fingerprint density at radius 3 is 2.67 bits per heavy atom. The maximum absolute atomic E-state index is 12.1. The second kappa shape index (κ2) is 4.55. The zero-order chi connectivity index (χ0) is 13.5. The maximum Gasteiger partial charge on any atom is 0.263 e. The molecule has 96 valence electrons. The summed E-state index contributed by atoms with van der Waals surface area (Å²) in [5.74, 6) is -0.114. The van der Waals surface area contributed by atoms with Crippen LogP contribution in [0.2, 0.25) is 0 Å². The highest BCUT2D eigenvalue weighted by molar-refractivity contribution is 9.10. The Morgan fingerprint density at radius 1 is 1.39 bits per heavy atom. The Balaban J connectivity index is 2.46. The molecule has 0 spiro atoms. The summed E-state index contributed by atoms with van der Waals surface area (Å²) in [5, 5.41) is 3.86. The monoisotopic (exact) mass is 326 g/mol. The Morgan fingerprint density at radius 2 is 2.06 bits per heavy atom. The Labute approximate surface area is 118 Å². The minimum atomic E-state index is -0.264. The van der Waals surface area contributed by atoms with E-state index in [1.807, 2.05) is 39.0 Å². The average molecular weight is 327 g/mol. The fourth-order valence-corrected chi connectivity index (χ4v) is 3.01. The van der Waals surface area contributed by atoms with Crippen molar-refractivity contribution in [1.29, 1.82) is 0 Å². The third-order valence-electron chi connectivity index (χ3n) is 2.38. The summed E-state index contributed by atoms with van der Waals surface area (Å²) >= 11 is 4.83. The number of nitrogens with one attached hydrogen (secondary N) is 1. The topological polar surface area (TPSA) is 55.1 Å². The van der Waals surface area contributed by atoms with Crippen molar-refractivity contribution in [1.82, 2.24) is 5.32 Å². The Bertz CT molecular complexity index is 613. The van der Waals surface area contributed by atoms with E-state index in [9.17, 15) is 4.79 Å². The van der Waals surface area contributed by atoms with Gasteiger partial charge in [0.05, 0.1) is 5.69 Å². The van der Waals surface area contributed by atoms with Gasteiger partial charge in [0.15, 0.2) is 0 Å². The lowest BCUT2D eigenvalue weighted by Gasteiger charge is -2.20. The van der Waals surface area contributed by atoms with Gasteiger partial charge in [0.25, 0.3) is 5.91 Å². The third-order valence-corrected chi connectivity index (χ3v) is 4.06. The van der Waals surface area contributed by atoms with E-state index < -0.39 is 0 Å². The number of halogens is 1. The summed E-state index contributed by atoms with van der Waals surface area (Å²) in [7, 11) is 0. The molecule has 3 nitrogen and oxygen atoms in total. The van der Waals surface area contributed by atoms with E-state index in [0.717, 1.165) is 14.6 Å². The Hall–Kier alpha value is -1.07. The fourth-order valence-electron chi connectivity index (χ4n) is 1.65. The van der Waals surface area contributed by atoms with Gasteiger partial charge in [0, 0.05) is 20.1 Å². The van der Waals surface area contributed by atoms with Gasteiger partial charge in [0.1, 0.15) is 4.88 Å². The molecule has 2 rings (SSSR count). The van der Waals surface area contributed by atoms with Crippen molar-refractivity contribution in [3.05, 3.63) is 27.5 Å². The van der Waals surface area contributed by atoms with Gasteiger partial charge < -0.3 is 11.1 Å². The lowest BCUT2D eigenvalue weighted by Crippen LogP contribution is -2.40. The maximum atomic E-state index is 12.1. The van der Waals surface area contributed by atoms with Crippen LogP contribution in [0.4, 0.5) is 5.69 Å². The van der Waals surface area contributed by atoms with Crippen molar-refractivity contribution < 1.29 is 4.79 Å². The van der Waals surface area contributed by atoms with Gasteiger partial charge in [0.2, 0.25) is 0 Å². The van der Waals surface area contributed by atoms with Crippen LogP contribution in [0.1, 0.15) is 30.4 Å². The van der Waals surface area contributed by atoms with Crippen molar-refractivity contribution in [3.8, 4) is 0 Å². The molecule has 0 aliphatic rings. The van der Waals surface area contributed by atoms with E-state index >= 15 is 0 Å². The standard InChI is InChI=1S/C13H15BrN2OS/c1-13(2,3)16-12(17)11-10(15)8-6-7(14)4-5-9(8)18-11/h4-6H,15H2,1-3H3,(H,16,17). The molecule has 18 heavy (non-hydrogen) atoms. The average Bonchev–Trinajstić information content (AvgIpc) is 2.54. The van der Waals surface area contributed by atoms with Gasteiger partial charge in [-0.3, -0.25) is 4.79 Å². The normalized spacial score (nSPS) is 11.8. The number of carbonyl (C=O) groups is 1. The molecule has 0 saturated carbocycles. The van der Waals surface area contributed by atoms with Crippen molar-refractivity contribution in [3.63, 3.8) is 0 Å². The van der Waals surface area contributed by atoms with Crippen LogP contribution in [-0.4, -0.2) is 11.4 Å². The molecular formula is C13H15BrN2OS. The number of carbonyl (C=O) groups excluding carboxylic acids is 1. The van der Waals surface area contributed by atoms with Crippen molar-refractivity contribution in [2.75, 3.05) is 5.73 Å². The highest BCUT2D eigenvalue weighted by Crippen LogP contribution is 2.35. The molecule has 0 atom stereocenters. The fraction of sp³-hybridized carbons (Fsp3) is 0.308. The van der Waals surface area contributed by atoms with Gasteiger partial charge in [-0.1, -0.05) is 15.9 Å². The molecule has 2 aromatic rings. The lowest BCUT2D eigenvalue weighted by atomic mass is 10.1. The van der Waals surface area contributed by atoms with E-state index in [2.05, 4.69) is 21.2 Å². The summed E-state index contributed by atoms with van der Waals surface area (Å²) in [4.78, 5) is 12.7. The lowest BCUT2D eigenvalue weighted by molar-refractivity contribution is 0.0924. The molecule has 1 amide bonds. The summed E-state index contributed by atoms with van der Waals surface area (Å²) in [6, 6.07) is 5.85. The largest absolute Gasteiger partial charge is 0.397 e. The molecule has 0 saturated heterocycles. The van der Waals surface area contributed by atoms with E-state index in [1.165, 1.54) is 11.3 Å². The van der Waals surface area contributed by atoms with Gasteiger partial charge in [-0.25, -0.2) is 0 Å². The molecule has 1 aromatic heterocycles. The van der Waals surface area contributed by atoms with Gasteiger partial charge >= 0.3 is 0 Å². The molecule has 1 heterocycles. The van der Waals surface area contributed by atoms with Crippen LogP contribution in [0.25, 0.3) is 10.1 Å². The molecular weight excluding hydrogens is 312 g/mol. The number of fused-ring (bicyclic) bond motifs is 1. The van der Waals surface area contributed by atoms with E-state index in [4.69, 9.17) is 5.73 Å². The number of rotatable bonds is 1. The zero-order valence-corrected chi connectivity index (χ0v) is 12.9. The zero-order valence-electron chi connectivity index (χ0n) is 10.5. The molecule has 0 aliphatic carbocycles. The minimum absolute atomic E-state index is 0.114. The first-order chi connectivity index (χ1) is 8.28. The summed E-state index contributed by atoms with van der Waals surface area (Å²) < 4.78 is 1.98. The van der Waals surface area contributed by atoms with Crippen molar-refractivity contribution in [2.24, 2.45) is 0 Å². The number of amides is 1. The first kappa shape index (κ1) is 13.4. The molecule has 0 fully saturated rings. The van der Waals surface area contributed by atoms with Crippen LogP contribution in [0.15, 0.2) is 22.7 Å². The number of thiophene rings is 1. The predicted molar refractivity (Wildman–Crippen MR) is 81.2 cm³/mol. The van der Waals surface area contributed by atoms with Gasteiger partial charge in [-0.15, -0.1) is 11.3 Å². The van der Waals surface area contributed by atoms with Crippen molar-refractivity contribution >= 4 is 48.9 Å². The van der Waals surface area contributed by atoms with Crippen LogP contribution < -0.4 is 11.1 Å². The summed E-state index contributed by atoms with van der Waals surface area (Å²) in [6.07, 6.45) is 0. The second-order valence-electron chi connectivity index (χ2n) is 5.19. The number of anilines is 1. The van der Waals surface area contributed by atoms with Crippen molar-refractivity contribution in [2.45, 2.75) is 26.3 Å². The summed E-state index contributed by atoms with van der Waals surface area (Å²) in [6.45, 7) is 5.85. The van der Waals surface area contributed by atoms with Crippen LogP contribution in [0.5, 0.6) is 0 Å². The molecule has 0 unspecified atom stereocenters. The molecule has 0 aliphatic heterocycles. The molecule has 0 bridgehead atoms. The number of nitrogen functional groups attached to an aromatic ring is 1. The van der Waals surface area contributed by atoms with Gasteiger partial charge in [-0.05, 0) is 39.0 Å². The number of hydrogen-bond acceptors (Lipinski definition) is 3. The van der Waals surface area contributed by atoms with Crippen LogP contribution in [-0.2, 0) is 0 Å². The van der Waals surface area contributed by atoms with E-state index in [-0.39, 0.29) is 11.4 Å². The number of hydrogen-bond donors (Lipinski definition) is 2. The smallest absolute Gasteiger partial charge is 0.263 e. The molecule has 5 heteroatoms. The number of benzene rings is 1. The highest BCUT2D eigenvalue weighted by atomic mass is 79.9. The highest BCUT2D eigenvalue weighted by Gasteiger charge is 2.20. The summed E-state index contributed by atoms with van der Waals surface area (Å²) in [5.41, 5.74) is 6.35. The van der Waals surface area contributed by atoms with Crippen LogP contribution >= 0.6 is 27.3 Å². The number of nitrogens with two attached hydrogens (primary N) is 1. The van der Waals surface area contributed by atoms with Crippen LogP contribution in [0.3, 0.4) is 0 Å². The van der Waals surface area contributed by atoms with E-state index in [1.54, 1.807) is 0 Å². The second-order valence-corrected chi connectivity index (χ2v) is 7.16. The van der Waals surface area contributed by atoms with Crippen LogP contribution in [0, 0.1) is 0 Å². The Kier molecular flexibility index (Phi) is 3.38. The first-order valence-corrected chi connectivity index (χ1v) is 7.19. The molecule has 1 aromatic carbocycles. The molecule has 3 N–H and O–H groups in total. The molecule has 0 radical (unpaired) electrons. The van der Waals surface area contributed by atoms with E-state index in [0.29, 0.717) is 10.6 Å². The SMILES string of the molecule is CC(C)(C)NC(=O)c1sc2ccc(Br)cc2c1N. The third kappa shape index (κ3) is 2.67. The minimum Gasteiger partial charge on any atom is -0.397 e. The quantitative estimate of drug-likeness (QED) is 0.838. The first-order valence-electron chi connectivity index (χ1n) is 5.58. The van der Waals surface area contributed by atoms with Gasteiger partial charge in [-0.2, -0.15) is 0 Å². The predicted octanol–water partition coefficient (Wildman–Crippen LogP) is 3.77.